The minimum atomic E-state index is -0.489. The maximum Gasteiger partial charge on any atom is 0.229 e. The van der Waals surface area contributed by atoms with E-state index in [1.165, 1.54) is 6.21 Å². The number of nitrogens with one attached hydrogen (secondary N) is 1. The van der Waals surface area contributed by atoms with Gasteiger partial charge in [0.1, 0.15) is 5.76 Å². The van der Waals surface area contributed by atoms with Crippen molar-refractivity contribution in [2.45, 2.75) is 47.5 Å². The van der Waals surface area contributed by atoms with Crippen molar-refractivity contribution in [3.8, 4) is 0 Å². The first kappa shape index (κ1) is 18.9. The Morgan fingerprint density at radius 1 is 1.28 bits per heavy atom. The minimum absolute atomic E-state index is 0.0846. The zero-order valence-electron chi connectivity index (χ0n) is 15.5. The fourth-order valence-corrected chi connectivity index (χ4v) is 2.57. The summed E-state index contributed by atoms with van der Waals surface area (Å²) in [6.45, 7) is 9.44. The number of hydrogen-bond acceptors (Lipinski definition) is 4. The van der Waals surface area contributed by atoms with Gasteiger partial charge in [0.05, 0.1) is 11.3 Å². The molecule has 2 rings (SSSR count). The highest BCUT2D eigenvalue weighted by Crippen LogP contribution is 2.35. The predicted octanol–water partition coefficient (Wildman–Crippen LogP) is 4.57. The van der Waals surface area contributed by atoms with Crippen molar-refractivity contribution in [2.24, 2.45) is 15.8 Å². The Balaban J connectivity index is 2.18. The molecular formula is C20H26N2O3. The van der Waals surface area contributed by atoms with Crippen LogP contribution in [0.3, 0.4) is 0 Å². The van der Waals surface area contributed by atoms with Gasteiger partial charge in [-0.15, -0.1) is 0 Å². The second-order valence-electron chi connectivity index (χ2n) is 8.31. The number of aliphatic hydroxyl groups excluding tert-OH is 1. The summed E-state index contributed by atoms with van der Waals surface area (Å²) in [5.41, 5.74) is 0.796. The van der Waals surface area contributed by atoms with E-state index in [2.05, 4.69) is 10.3 Å². The van der Waals surface area contributed by atoms with Crippen molar-refractivity contribution in [2.75, 3.05) is 5.32 Å². The standard InChI is InChI=1S/C20H26N2O3/c1-19(2,3)18(25)22-14-8-6-7-13(9-14)21-12-15-16(23)10-20(4,5)11-17(15)24/h6-9,12,23H,10-11H2,1-5H3,(H,22,25). The molecule has 0 aromatic heterocycles. The van der Waals surface area contributed by atoms with Crippen molar-refractivity contribution in [3.05, 3.63) is 35.6 Å². The maximum atomic E-state index is 12.2. The van der Waals surface area contributed by atoms with Crippen LogP contribution in [0.15, 0.2) is 40.6 Å². The van der Waals surface area contributed by atoms with Crippen LogP contribution in [0.25, 0.3) is 0 Å². The van der Waals surface area contributed by atoms with Crippen LogP contribution in [0, 0.1) is 10.8 Å². The highest BCUT2D eigenvalue weighted by Gasteiger charge is 2.32. The van der Waals surface area contributed by atoms with Gasteiger partial charge in [-0.3, -0.25) is 14.6 Å². The predicted molar refractivity (Wildman–Crippen MR) is 100 cm³/mol. The lowest BCUT2D eigenvalue weighted by Crippen LogP contribution is -2.27. The summed E-state index contributed by atoms with van der Waals surface area (Å²) >= 11 is 0. The molecule has 1 amide bonds. The van der Waals surface area contributed by atoms with Gasteiger partial charge in [0.25, 0.3) is 0 Å². The van der Waals surface area contributed by atoms with Gasteiger partial charge in [-0.2, -0.15) is 0 Å². The number of amides is 1. The Morgan fingerprint density at radius 3 is 2.56 bits per heavy atom. The Hall–Kier alpha value is -2.43. The highest BCUT2D eigenvalue weighted by molar-refractivity contribution is 6.15. The van der Waals surface area contributed by atoms with Crippen LogP contribution < -0.4 is 5.32 Å². The summed E-state index contributed by atoms with van der Waals surface area (Å²) < 4.78 is 0. The summed E-state index contributed by atoms with van der Waals surface area (Å²) in [7, 11) is 0. The normalized spacial score (nSPS) is 17.9. The Bertz CT molecular complexity index is 752. The molecule has 0 spiro atoms. The largest absolute Gasteiger partial charge is 0.511 e. The summed E-state index contributed by atoms with van der Waals surface area (Å²) in [6.07, 6.45) is 2.26. The molecule has 5 heteroatoms. The van der Waals surface area contributed by atoms with Gasteiger partial charge in [0.15, 0.2) is 5.78 Å². The Kier molecular flexibility index (Phi) is 5.16. The van der Waals surface area contributed by atoms with E-state index in [0.717, 1.165) is 0 Å². The van der Waals surface area contributed by atoms with Crippen molar-refractivity contribution >= 4 is 29.3 Å². The van der Waals surface area contributed by atoms with Crippen LogP contribution in [0.1, 0.15) is 47.5 Å². The number of ketones is 1. The van der Waals surface area contributed by atoms with Gasteiger partial charge in [-0.1, -0.05) is 40.7 Å². The van der Waals surface area contributed by atoms with Crippen LogP contribution in [-0.4, -0.2) is 23.0 Å². The molecular weight excluding hydrogens is 316 g/mol. The lowest BCUT2D eigenvalue weighted by molar-refractivity contribution is -0.123. The summed E-state index contributed by atoms with van der Waals surface area (Å²) in [4.78, 5) is 28.6. The van der Waals surface area contributed by atoms with Gasteiger partial charge in [-0.25, -0.2) is 0 Å². The maximum absolute atomic E-state index is 12.2. The summed E-state index contributed by atoms with van der Waals surface area (Å²) in [5.74, 6) is -0.101. The number of aliphatic hydroxyl groups is 1. The molecule has 2 N–H and O–H groups in total. The number of carbonyl (C=O) groups excluding carboxylic acids is 2. The number of hydrogen-bond donors (Lipinski definition) is 2. The van der Waals surface area contributed by atoms with E-state index >= 15 is 0 Å². The average Bonchev–Trinajstić information content (AvgIpc) is 2.44. The van der Waals surface area contributed by atoms with E-state index in [4.69, 9.17) is 0 Å². The minimum Gasteiger partial charge on any atom is -0.511 e. The SMILES string of the molecule is CC1(C)CC(=O)C(C=Nc2cccc(NC(=O)C(C)(C)C)c2)=C(O)C1. The molecule has 0 saturated heterocycles. The Morgan fingerprint density at radius 2 is 1.96 bits per heavy atom. The first-order valence-electron chi connectivity index (χ1n) is 8.39. The molecule has 0 saturated carbocycles. The number of aliphatic imine (C=N–C) groups is 1. The number of Topliss-reactive ketones (excluding diaryl/α,β-unsaturated/α-hetero) is 1. The number of allylic oxidation sites excluding steroid dienone is 2. The smallest absolute Gasteiger partial charge is 0.229 e. The van der Waals surface area contributed by atoms with E-state index in [9.17, 15) is 14.7 Å². The third kappa shape index (κ3) is 5.02. The fraction of sp³-hybridized carbons (Fsp3) is 0.450. The van der Waals surface area contributed by atoms with E-state index in [1.54, 1.807) is 24.3 Å². The van der Waals surface area contributed by atoms with Gasteiger partial charge >= 0.3 is 0 Å². The van der Waals surface area contributed by atoms with Crippen molar-refractivity contribution in [1.82, 2.24) is 0 Å². The third-order valence-electron chi connectivity index (χ3n) is 4.02. The van der Waals surface area contributed by atoms with Gasteiger partial charge < -0.3 is 10.4 Å². The molecule has 134 valence electrons. The van der Waals surface area contributed by atoms with Gasteiger partial charge in [0, 0.05) is 30.2 Å². The monoisotopic (exact) mass is 342 g/mol. The quantitative estimate of drug-likeness (QED) is 0.789. The molecule has 0 radical (unpaired) electrons. The highest BCUT2D eigenvalue weighted by atomic mass is 16.3. The molecule has 1 aromatic rings. The first-order valence-corrected chi connectivity index (χ1v) is 8.39. The van der Waals surface area contributed by atoms with Crippen LogP contribution in [0.4, 0.5) is 11.4 Å². The molecule has 0 bridgehead atoms. The molecule has 0 aliphatic heterocycles. The van der Waals surface area contributed by atoms with E-state index in [-0.39, 0.29) is 28.4 Å². The molecule has 25 heavy (non-hydrogen) atoms. The zero-order valence-corrected chi connectivity index (χ0v) is 15.5. The van der Waals surface area contributed by atoms with E-state index in [0.29, 0.717) is 24.2 Å². The number of carbonyl (C=O) groups is 2. The van der Waals surface area contributed by atoms with E-state index in [1.807, 2.05) is 34.6 Å². The number of rotatable bonds is 3. The molecule has 5 nitrogen and oxygen atoms in total. The third-order valence-corrected chi connectivity index (χ3v) is 4.02. The molecule has 0 atom stereocenters. The van der Waals surface area contributed by atoms with Crippen LogP contribution >= 0.6 is 0 Å². The van der Waals surface area contributed by atoms with Crippen LogP contribution in [0.2, 0.25) is 0 Å². The van der Waals surface area contributed by atoms with Crippen molar-refractivity contribution in [3.63, 3.8) is 0 Å². The van der Waals surface area contributed by atoms with Crippen molar-refractivity contribution in [1.29, 1.82) is 0 Å². The van der Waals surface area contributed by atoms with Gasteiger partial charge in [0.2, 0.25) is 5.91 Å². The second kappa shape index (κ2) is 6.82. The lowest BCUT2D eigenvalue weighted by Gasteiger charge is -2.28. The molecule has 1 aliphatic rings. The molecule has 0 unspecified atom stereocenters. The first-order chi connectivity index (χ1) is 11.5. The van der Waals surface area contributed by atoms with E-state index < -0.39 is 5.41 Å². The number of nitrogens with zero attached hydrogens (tertiary/aromatic N) is 1. The van der Waals surface area contributed by atoms with Crippen LogP contribution in [0.5, 0.6) is 0 Å². The number of anilines is 1. The molecule has 1 aliphatic carbocycles. The van der Waals surface area contributed by atoms with Gasteiger partial charge in [-0.05, 0) is 23.6 Å². The molecule has 0 fully saturated rings. The fourth-order valence-electron chi connectivity index (χ4n) is 2.57. The van der Waals surface area contributed by atoms with Crippen LogP contribution in [-0.2, 0) is 9.59 Å². The number of benzene rings is 1. The zero-order chi connectivity index (χ0) is 18.8. The second-order valence-corrected chi connectivity index (χ2v) is 8.31. The topological polar surface area (TPSA) is 78.8 Å². The average molecular weight is 342 g/mol. The summed E-state index contributed by atoms with van der Waals surface area (Å²) in [6, 6.07) is 7.08. The summed E-state index contributed by atoms with van der Waals surface area (Å²) in [5, 5.41) is 13.0. The molecule has 0 heterocycles. The Labute approximate surface area is 148 Å². The van der Waals surface area contributed by atoms with Crippen molar-refractivity contribution < 1.29 is 14.7 Å². The molecule has 1 aromatic carbocycles. The lowest BCUT2D eigenvalue weighted by atomic mass is 9.77.